The first-order chi connectivity index (χ1) is 11.3. The van der Waals surface area contributed by atoms with Crippen LogP contribution in [0.3, 0.4) is 0 Å². The van der Waals surface area contributed by atoms with Crippen molar-refractivity contribution in [2.45, 2.75) is 52.6 Å². The number of unbranched alkanes of at least 4 members (excludes halogenated alkanes) is 1. The van der Waals surface area contributed by atoms with Gasteiger partial charge in [-0.2, -0.15) is 8.42 Å². The SMILES string of the molecule is CCCCNC(=O)N(Cc1ccc(OS(C)(=O)=O)cc1)[C@H](C)CC. The van der Waals surface area contributed by atoms with Crippen LogP contribution in [0.4, 0.5) is 4.79 Å². The van der Waals surface area contributed by atoms with Gasteiger partial charge in [0.25, 0.3) is 0 Å². The maximum Gasteiger partial charge on any atom is 0.317 e. The first-order valence-electron chi connectivity index (χ1n) is 8.29. The number of benzene rings is 1. The maximum absolute atomic E-state index is 12.4. The van der Waals surface area contributed by atoms with Crippen LogP contribution < -0.4 is 9.50 Å². The highest BCUT2D eigenvalue weighted by Crippen LogP contribution is 2.17. The van der Waals surface area contributed by atoms with Gasteiger partial charge in [0.1, 0.15) is 5.75 Å². The highest BCUT2D eigenvalue weighted by molar-refractivity contribution is 7.86. The van der Waals surface area contributed by atoms with Crippen LogP contribution >= 0.6 is 0 Å². The van der Waals surface area contributed by atoms with Gasteiger partial charge in [-0.3, -0.25) is 0 Å². The van der Waals surface area contributed by atoms with Crippen molar-refractivity contribution < 1.29 is 17.4 Å². The molecule has 0 aliphatic carbocycles. The molecule has 0 aromatic heterocycles. The summed E-state index contributed by atoms with van der Waals surface area (Å²) in [4.78, 5) is 14.2. The molecule has 0 bridgehead atoms. The zero-order valence-corrected chi connectivity index (χ0v) is 15.7. The van der Waals surface area contributed by atoms with E-state index in [1.807, 2.05) is 13.8 Å². The van der Waals surface area contributed by atoms with Crippen molar-refractivity contribution in [3.05, 3.63) is 29.8 Å². The molecule has 1 N–H and O–H groups in total. The van der Waals surface area contributed by atoms with Crippen LogP contribution in [0.25, 0.3) is 0 Å². The lowest BCUT2D eigenvalue weighted by Crippen LogP contribution is -2.44. The number of nitrogens with one attached hydrogen (secondary N) is 1. The number of carbonyl (C=O) groups is 1. The molecule has 0 heterocycles. The highest BCUT2D eigenvalue weighted by atomic mass is 32.2. The Morgan fingerprint density at radius 3 is 2.38 bits per heavy atom. The number of amides is 2. The molecule has 0 radical (unpaired) electrons. The Kier molecular flexibility index (Phi) is 8.04. The lowest BCUT2D eigenvalue weighted by atomic mass is 10.1. The van der Waals surface area contributed by atoms with Crippen LogP contribution in [0.1, 0.15) is 45.6 Å². The molecular formula is C17H28N2O4S. The van der Waals surface area contributed by atoms with E-state index in [4.69, 9.17) is 4.18 Å². The van der Waals surface area contributed by atoms with Gasteiger partial charge in [-0.25, -0.2) is 4.79 Å². The van der Waals surface area contributed by atoms with E-state index in [1.165, 1.54) is 0 Å². The molecule has 2 amide bonds. The number of nitrogens with zero attached hydrogens (tertiary/aromatic N) is 1. The van der Waals surface area contributed by atoms with Gasteiger partial charge >= 0.3 is 16.1 Å². The van der Waals surface area contributed by atoms with E-state index in [0.717, 1.165) is 31.1 Å². The minimum absolute atomic E-state index is 0.0748. The first kappa shape index (κ1) is 20.3. The summed E-state index contributed by atoms with van der Waals surface area (Å²) in [5.74, 6) is 0.267. The third-order valence-electron chi connectivity index (χ3n) is 3.71. The largest absolute Gasteiger partial charge is 0.383 e. The summed E-state index contributed by atoms with van der Waals surface area (Å²) in [6.45, 7) is 7.27. The second kappa shape index (κ2) is 9.52. The Balaban J connectivity index is 2.77. The minimum Gasteiger partial charge on any atom is -0.383 e. The first-order valence-corrected chi connectivity index (χ1v) is 10.1. The topological polar surface area (TPSA) is 75.7 Å². The van der Waals surface area contributed by atoms with Crippen molar-refractivity contribution in [3.63, 3.8) is 0 Å². The molecule has 1 rings (SSSR count). The Morgan fingerprint density at radius 2 is 1.88 bits per heavy atom. The van der Waals surface area contributed by atoms with E-state index in [-0.39, 0.29) is 17.8 Å². The van der Waals surface area contributed by atoms with Crippen LogP contribution in [0, 0.1) is 0 Å². The average Bonchev–Trinajstić information content (AvgIpc) is 2.52. The molecule has 0 aliphatic heterocycles. The number of hydrogen-bond donors (Lipinski definition) is 1. The summed E-state index contributed by atoms with van der Waals surface area (Å²) < 4.78 is 27.1. The predicted molar refractivity (Wildman–Crippen MR) is 95.5 cm³/mol. The normalized spacial score (nSPS) is 12.5. The molecule has 1 aromatic carbocycles. The van der Waals surface area contributed by atoms with Crippen molar-refractivity contribution in [1.82, 2.24) is 10.2 Å². The van der Waals surface area contributed by atoms with Crippen LogP contribution in [0.2, 0.25) is 0 Å². The molecule has 0 aliphatic rings. The Labute approximate surface area is 145 Å². The van der Waals surface area contributed by atoms with Gasteiger partial charge in [0.05, 0.1) is 6.26 Å². The van der Waals surface area contributed by atoms with Crippen LogP contribution in [-0.2, 0) is 16.7 Å². The molecule has 0 saturated carbocycles. The molecule has 6 nitrogen and oxygen atoms in total. The fourth-order valence-corrected chi connectivity index (χ4v) is 2.60. The molecule has 136 valence electrons. The van der Waals surface area contributed by atoms with Crippen LogP contribution in [0.5, 0.6) is 5.75 Å². The van der Waals surface area contributed by atoms with Crippen molar-refractivity contribution in [3.8, 4) is 5.75 Å². The summed E-state index contributed by atoms with van der Waals surface area (Å²) in [7, 11) is -3.53. The third kappa shape index (κ3) is 7.21. The van der Waals surface area contributed by atoms with E-state index in [9.17, 15) is 13.2 Å². The molecule has 7 heteroatoms. The molecule has 0 unspecified atom stereocenters. The number of carbonyl (C=O) groups excluding carboxylic acids is 1. The molecule has 0 fully saturated rings. The van der Waals surface area contributed by atoms with Gasteiger partial charge in [-0.15, -0.1) is 0 Å². The van der Waals surface area contributed by atoms with Gasteiger partial charge in [0.15, 0.2) is 0 Å². The van der Waals surface area contributed by atoms with Crippen molar-refractivity contribution in [2.75, 3.05) is 12.8 Å². The molecule has 0 saturated heterocycles. The Bertz CT molecular complexity index is 614. The van der Waals surface area contributed by atoms with E-state index >= 15 is 0 Å². The van der Waals surface area contributed by atoms with Gasteiger partial charge < -0.3 is 14.4 Å². The van der Waals surface area contributed by atoms with E-state index < -0.39 is 10.1 Å². The van der Waals surface area contributed by atoms with Gasteiger partial charge in [-0.1, -0.05) is 32.4 Å². The second-order valence-electron chi connectivity index (χ2n) is 5.90. The summed E-state index contributed by atoms with van der Waals surface area (Å²) in [5, 5.41) is 2.94. The predicted octanol–water partition coefficient (Wildman–Crippen LogP) is 3.14. The summed E-state index contributed by atoms with van der Waals surface area (Å²) >= 11 is 0. The quantitative estimate of drug-likeness (QED) is 0.545. The van der Waals surface area contributed by atoms with Crippen molar-refractivity contribution >= 4 is 16.1 Å². The van der Waals surface area contributed by atoms with Crippen LogP contribution in [-0.4, -0.2) is 38.2 Å². The number of hydrogen-bond acceptors (Lipinski definition) is 4. The minimum atomic E-state index is -3.53. The van der Waals surface area contributed by atoms with Crippen molar-refractivity contribution in [2.24, 2.45) is 0 Å². The van der Waals surface area contributed by atoms with Gasteiger partial charge in [0.2, 0.25) is 0 Å². The summed E-state index contributed by atoms with van der Waals surface area (Å²) in [5.41, 5.74) is 0.918. The monoisotopic (exact) mass is 356 g/mol. The fraction of sp³-hybridized carbons (Fsp3) is 0.588. The van der Waals surface area contributed by atoms with E-state index in [2.05, 4.69) is 12.2 Å². The second-order valence-corrected chi connectivity index (χ2v) is 7.48. The molecule has 24 heavy (non-hydrogen) atoms. The zero-order chi connectivity index (χ0) is 18.2. The Morgan fingerprint density at radius 1 is 1.25 bits per heavy atom. The maximum atomic E-state index is 12.4. The lowest BCUT2D eigenvalue weighted by molar-refractivity contribution is 0.173. The number of urea groups is 1. The molecular weight excluding hydrogens is 328 g/mol. The van der Waals surface area contributed by atoms with Gasteiger partial charge in [-0.05, 0) is 37.5 Å². The zero-order valence-electron chi connectivity index (χ0n) is 14.9. The average molecular weight is 356 g/mol. The molecule has 1 atom stereocenters. The standard InChI is InChI=1S/C17H28N2O4S/c1-5-7-12-18-17(20)19(14(3)6-2)13-15-8-10-16(11-9-15)23-24(4,21)22/h8-11,14H,5-7,12-13H2,1-4H3,(H,18,20)/t14-/m1/s1. The fourth-order valence-electron chi connectivity index (χ4n) is 2.14. The van der Waals surface area contributed by atoms with Crippen molar-refractivity contribution in [1.29, 1.82) is 0 Å². The lowest BCUT2D eigenvalue weighted by Gasteiger charge is -2.29. The molecule has 0 spiro atoms. The third-order valence-corrected chi connectivity index (χ3v) is 4.21. The van der Waals surface area contributed by atoms with Gasteiger partial charge in [0, 0.05) is 19.1 Å². The summed E-state index contributed by atoms with van der Waals surface area (Å²) in [6.07, 6.45) is 3.85. The van der Waals surface area contributed by atoms with E-state index in [0.29, 0.717) is 13.1 Å². The van der Waals surface area contributed by atoms with E-state index in [1.54, 1.807) is 29.2 Å². The Hall–Kier alpha value is -1.76. The summed E-state index contributed by atoms with van der Waals surface area (Å²) in [6, 6.07) is 6.78. The highest BCUT2D eigenvalue weighted by Gasteiger charge is 2.19. The van der Waals surface area contributed by atoms with Crippen LogP contribution in [0.15, 0.2) is 24.3 Å². The number of rotatable bonds is 9. The molecule has 1 aromatic rings. The smallest absolute Gasteiger partial charge is 0.317 e.